The molecule has 0 aromatic heterocycles. The summed E-state index contributed by atoms with van der Waals surface area (Å²) in [5, 5.41) is 0. The Morgan fingerprint density at radius 2 is 1.17 bits per heavy atom. The van der Waals surface area contributed by atoms with Crippen LogP contribution in [0.15, 0.2) is 0 Å². The van der Waals surface area contributed by atoms with E-state index >= 15 is 0 Å². The minimum absolute atomic E-state index is 0. The molecule has 0 saturated heterocycles. The van der Waals surface area contributed by atoms with Gasteiger partial charge in [0.1, 0.15) is 0 Å². The Balaban J connectivity index is 0. The van der Waals surface area contributed by atoms with Crippen LogP contribution in [0.2, 0.25) is 0 Å². The Kier molecular flexibility index (Phi) is 5.51. The molecule has 0 rings (SSSR count). The summed E-state index contributed by atoms with van der Waals surface area (Å²) in [6.45, 7) is 0. The van der Waals surface area contributed by atoms with Crippen LogP contribution in [-0.4, -0.2) is 17.5 Å². The Hall–Kier alpha value is 1.19. The predicted octanol–water partition coefficient (Wildman–Crippen LogP) is -1.34. The van der Waals surface area contributed by atoms with Crippen molar-refractivity contribution in [1.29, 1.82) is 0 Å². The summed E-state index contributed by atoms with van der Waals surface area (Å²) in [6, 6.07) is 0. The van der Waals surface area contributed by atoms with Gasteiger partial charge in [-0.05, 0) is 0 Å². The molecule has 0 radical (unpaired) electrons. The van der Waals surface area contributed by atoms with Gasteiger partial charge < -0.3 is 9.11 Å². The molecule has 0 fully saturated rings. The van der Waals surface area contributed by atoms with Crippen molar-refractivity contribution in [1.82, 2.24) is 0 Å². The quantitative estimate of drug-likeness (QED) is 0.407. The Morgan fingerprint density at radius 3 is 1.17 bits per heavy atom. The van der Waals surface area contributed by atoms with Crippen LogP contribution in [0.25, 0.3) is 0 Å². The molecule has 0 unspecified atom stereocenters. The van der Waals surface area contributed by atoms with E-state index in [-0.39, 0.29) is 39.9 Å². The minimum Gasteiger partial charge on any atom is -0.759 e. The third-order valence-electron chi connectivity index (χ3n) is 0. The summed E-state index contributed by atoms with van der Waals surface area (Å²) in [7, 11) is -5.17. The zero-order chi connectivity index (χ0) is 4.50. The third kappa shape index (κ3) is 64.0. The fraction of sp³-hybridized carbons (Fsp3) is 0. The van der Waals surface area contributed by atoms with E-state index in [1.54, 1.807) is 0 Å². The van der Waals surface area contributed by atoms with E-state index in [9.17, 15) is 0 Å². The van der Waals surface area contributed by atoms with Gasteiger partial charge in [0.2, 0.25) is 0 Å². The van der Waals surface area contributed by atoms with Crippen LogP contribution in [0.1, 0.15) is 0 Å². The third-order valence-corrected chi connectivity index (χ3v) is 0. The molecule has 0 aliphatic rings. The van der Waals surface area contributed by atoms with Crippen LogP contribution in [0, 0.1) is 39.9 Å². The molecular formula is O4STh+2. The van der Waals surface area contributed by atoms with E-state index in [0.717, 1.165) is 0 Å². The zero-order valence-electron chi connectivity index (χ0n) is 2.54. The second-order valence-electron chi connectivity index (χ2n) is 0.408. The van der Waals surface area contributed by atoms with Crippen molar-refractivity contribution in [2.24, 2.45) is 0 Å². The fourth-order valence-corrected chi connectivity index (χ4v) is 0. The van der Waals surface area contributed by atoms with E-state index in [1.165, 1.54) is 0 Å². The summed E-state index contributed by atoms with van der Waals surface area (Å²) in [5.74, 6) is 0. The molecule has 6 heteroatoms. The molecule has 0 saturated carbocycles. The standard InChI is InChI=1S/H2O4S.Th/c1-5(2,3)4;/h(H2,1,2,3,4);/q;+4/p-2. The number of hydrogen-bond donors (Lipinski definition) is 0. The van der Waals surface area contributed by atoms with Crippen LogP contribution in [0.3, 0.4) is 0 Å². The summed E-state index contributed by atoms with van der Waals surface area (Å²) in [6.07, 6.45) is 0. The van der Waals surface area contributed by atoms with Crippen LogP contribution >= 0.6 is 0 Å². The van der Waals surface area contributed by atoms with E-state index < -0.39 is 10.4 Å². The zero-order valence-corrected chi connectivity index (χ0v) is 7.47. The fourth-order valence-electron chi connectivity index (χ4n) is 0. The van der Waals surface area contributed by atoms with Gasteiger partial charge in [-0.3, -0.25) is 8.42 Å². The van der Waals surface area contributed by atoms with Crippen molar-refractivity contribution in [3.05, 3.63) is 0 Å². The maximum atomic E-state index is 8.52. The van der Waals surface area contributed by atoms with Gasteiger partial charge in [-0.2, -0.15) is 0 Å². The molecule has 0 aromatic carbocycles. The molecule has 0 heterocycles. The molecular weight excluding hydrogens is 328 g/mol. The summed E-state index contributed by atoms with van der Waals surface area (Å²) < 4.78 is 34.1. The normalized spacial score (nSPS) is 9.67. The van der Waals surface area contributed by atoms with E-state index in [4.69, 9.17) is 17.5 Å². The second kappa shape index (κ2) is 3.23. The van der Waals surface area contributed by atoms with Crippen molar-refractivity contribution in [3.63, 3.8) is 0 Å². The molecule has 0 aromatic rings. The van der Waals surface area contributed by atoms with Crippen LogP contribution in [-0.2, 0) is 10.4 Å². The monoisotopic (exact) mass is 328 g/mol. The summed E-state index contributed by atoms with van der Waals surface area (Å²) in [5.41, 5.74) is 0. The van der Waals surface area contributed by atoms with Crippen molar-refractivity contribution < 1.29 is 57.5 Å². The van der Waals surface area contributed by atoms with Gasteiger partial charge in [-0.25, -0.2) is 0 Å². The molecule has 0 atom stereocenters. The van der Waals surface area contributed by atoms with Gasteiger partial charge >= 0.3 is 39.9 Å². The van der Waals surface area contributed by atoms with Crippen LogP contribution in [0.4, 0.5) is 0 Å². The smallest absolute Gasteiger partial charge is 0.759 e. The van der Waals surface area contributed by atoms with Crippen molar-refractivity contribution in [2.45, 2.75) is 0 Å². The van der Waals surface area contributed by atoms with Crippen molar-refractivity contribution in [2.75, 3.05) is 0 Å². The van der Waals surface area contributed by atoms with E-state index in [2.05, 4.69) is 0 Å². The van der Waals surface area contributed by atoms with Gasteiger partial charge in [-0.1, -0.05) is 0 Å². The van der Waals surface area contributed by atoms with E-state index in [1.807, 2.05) is 0 Å². The SMILES string of the molecule is O=S(=O)([O-])[O-].[Th+4]. The maximum Gasteiger partial charge on any atom is 4.00 e. The minimum atomic E-state index is -5.17. The maximum absolute atomic E-state index is 8.52. The van der Waals surface area contributed by atoms with Gasteiger partial charge in [0, 0.05) is 10.4 Å². The first-order valence-corrected chi connectivity index (χ1v) is 2.00. The molecule has 6 heavy (non-hydrogen) atoms. The van der Waals surface area contributed by atoms with Gasteiger partial charge in [0.05, 0.1) is 0 Å². The topological polar surface area (TPSA) is 80.3 Å². The molecule has 0 amide bonds. The summed E-state index contributed by atoms with van der Waals surface area (Å²) >= 11 is 0. The number of rotatable bonds is 0. The first-order chi connectivity index (χ1) is 2.00. The first kappa shape index (κ1) is 10.2. The van der Waals surface area contributed by atoms with Crippen LogP contribution in [0.5, 0.6) is 0 Å². The summed E-state index contributed by atoms with van der Waals surface area (Å²) in [4.78, 5) is 0. The largest absolute Gasteiger partial charge is 4.00 e. The van der Waals surface area contributed by atoms with Gasteiger partial charge in [-0.15, -0.1) is 0 Å². The first-order valence-electron chi connectivity index (χ1n) is 0.667. The van der Waals surface area contributed by atoms with E-state index in [0.29, 0.717) is 0 Å². The predicted molar refractivity (Wildman–Crippen MR) is 10.5 cm³/mol. The molecule has 0 aliphatic heterocycles. The molecule has 4 nitrogen and oxygen atoms in total. The molecule has 32 valence electrons. The molecule has 0 aliphatic carbocycles. The molecule has 0 N–H and O–H groups in total. The molecule has 0 spiro atoms. The Bertz CT molecular complexity index is 90.7. The molecule has 0 bridgehead atoms. The Labute approximate surface area is 67.2 Å². The van der Waals surface area contributed by atoms with Gasteiger partial charge in [0.25, 0.3) is 0 Å². The second-order valence-corrected chi connectivity index (χ2v) is 1.22. The Morgan fingerprint density at radius 1 is 1.17 bits per heavy atom. The average molecular weight is 328 g/mol. The van der Waals surface area contributed by atoms with Crippen molar-refractivity contribution >= 4 is 10.4 Å². The van der Waals surface area contributed by atoms with Crippen LogP contribution < -0.4 is 0 Å². The average Bonchev–Trinajstić information content (AvgIpc) is 0.722. The number of hydrogen-bond acceptors (Lipinski definition) is 4. The van der Waals surface area contributed by atoms with Crippen molar-refractivity contribution in [3.8, 4) is 0 Å². The van der Waals surface area contributed by atoms with Gasteiger partial charge in [0.15, 0.2) is 0 Å².